The molecule has 0 rings (SSSR count). The van der Waals surface area contributed by atoms with Gasteiger partial charge in [-0.05, 0) is 0 Å². The molecule has 0 spiro atoms. The SMILES string of the molecule is FBB(F)B(F)B(F)B(F)B(F)B(F)B(F)B(F)B(F)B(F)B(F)B(F)B(F)B(F)B(F)B(F)B(F)B(F)BF. The Morgan fingerprint density at radius 1 is 0.200 bits per heavy atom. The van der Waals surface area contributed by atoms with Crippen LogP contribution in [0.15, 0.2) is 0 Å². The number of hydrogen-bond acceptors (Lipinski definition) is 0. The lowest BCUT2D eigenvalue weighted by Crippen LogP contribution is -2.68. The van der Waals surface area contributed by atoms with Crippen LogP contribution in [0.3, 0.4) is 0 Å². The van der Waals surface area contributed by atoms with Gasteiger partial charge in [0.2, 0.25) is 0 Å². The predicted molar refractivity (Wildman–Crippen MR) is 140 cm³/mol. The van der Waals surface area contributed by atoms with Gasteiger partial charge in [-0.15, -0.1) is 0 Å². The Morgan fingerprint density at radius 2 is 0.300 bits per heavy atom. The molecule has 0 bridgehead atoms. The molecule has 0 radical (unpaired) electrons. The van der Waals surface area contributed by atoms with E-state index in [1.165, 1.54) is 0 Å². The Morgan fingerprint density at radius 3 is 0.400 bits per heavy atom. The predicted octanol–water partition coefficient (Wildman–Crippen LogP) is 0.253. The van der Waals surface area contributed by atoms with Crippen molar-refractivity contribution < 1.29 is 86.3 Å². The Hall–Kier alpha value is -0.101. The van der Waals surface area contributed by atoms with Crippen LogP contribution in [0, 0.1) is 0 Å². The van der Waals surface area contributed by atoms with E-state index in [2.05, 4.69) is 0 Å². The topological polar surface area (TPSA) is 0 Å². The molecule has 40 heteroatoms. The molecule has 202 valence electrons. The van der Waals surface area contributed by atoms with E-state index in [4.69, 9.17) is 0 Å². The minimum absolute atomic E-state index is 2.29. The van der Waals surface area contributed by atoms with Crippen LogP contribution in [0.25, 0.3) is 0 Å². The molecule has 0 atom stereocenters. The molecule has 0 N–H and O–H groups in total. The molecule has 0 unspecified atom stereocenters. The Kier molecular flexibility index (Phi) is 17.8. The van der Waals surface area contributed by atoms with Crippen LogP contribution in [-0.4, -0.2) is 137 Å². The summed E-state index contributed by atoms with van der Waals surface area (Å²) in [6.45, 7) is -75.2. The first kappa shape index (κ1) is 39.9. The molecule has 0 aromatic rings. The first-order valence-electron chi connectivity index (χ1n) is 10.9. The van der Waals surface area contributed by atoms with Gasteiger partial charge in [0.1, 0.15) is 0 Å². The largest absolute Gasteiger partial charge is 0.352 e. The van der Waals surface area contributed by atoms with Crippen molar-refractivity contribution in [2.45, 2.75) is 0 Å². The normalized spacial score (nSPS) is 10.0. The first-order chi connectivity index (χ1) is 18.3. The summed E-state index contributed by atoms with van der Waals surface area (Å²) in [5.41, 5.74) is 0. The van der Waals surface area contributed by atoms with Gasteiger partial charge >= 0.3 is 137 Å². The van der Waals surface area contributed by atoms with Crippen molar-refractivity contribution in [3.05, 3.63) is 0 Å². The third-order valence-corrected chi connectivity index (χ3v) is 5.55. The molecule has 0 heterocycles. The molecule has 40 heavy (non-hydrogen) atoms. The van der Waals surface area contributed by atoms with Crippen LogP contribution in [0.1, 0.15) is 0 Å². The van der Waals surface area contributed by atoms with Gasteiger partial charge < -0.3 is 86.3 Å². The van der Waals surface area contributed by atoms with E-state index >= 15 is 0 Å². The second-order valence-corrected chi connectivity index (χ2v) is 8.45. The summed E-state index contributed by atoms with van der Waals surface area (Å²) < 4.78 is 267. The van der Waals surface area contributed by atoms with Crippen LogP contribution in [0.4, 0.5) is 86.3 Å². The molecule has 0 amide bonds. The monoisotopic (exact) mass is 602 g/mol. The third-order valence-electron chi connectivity index (χ3n) is 5.55. The summed E-state index contributed by atoms with van der Waals surface area (Å²) in [4.78, 5) is 0. The number of rotatable bonds is 19. The minimum atomic E-state index is -4.49. The molecule has 0 aliphatic carbocycles. The Bertz CT molecular complexity index is 634. The lowest BCUT2D eigenvalue weighted by Gasteiger charge is -2.17. The summed E-state index contributed by atoms with van der Waals surface area (Å²) in [6, 6.07) is 0. The highest BCUT2D eigenvalue weighted by Gasteiger charge is 2.68. The van der Waals surface area contributed by atoms with Crippen LogP contribution in [-0.2, 0) is 0 Å². The summed E-state index contributed by atoms with van der Waals surface area (Å²) in [5.74, 6) is 0. The van der Waals surface area contributed by atoms with Crippen LogP contribution < -0.4 is 0 Å². The highest BCUT2D eigenvalue weighted by Crippen LogP contribution is 2.20. The van der Waals surface area contributed by atoms with Gasteiger partial charge in [-0.2, -0.15) is 0 Å². The van der Waals surface area contributed by atoms with Crippen LogP contribution >= 0.6 is 0 Å². The average molecular weight is 598 g/mol. The molecular formula is H2B20F20. The highest BCUT2D eigenvalue weighted by atomic mass is 19.2. The van der Waals surface area contributed by atoms with E-state index in [1.54, 1.807) is 0 Å². The molecule has 0 saturated heterocycles. The Balaban J connectivity index is 5.39. The fourth-order valence-corrected chi connectivity index (χ4v) is 3.03. The van der Waals surface area contributed by atoms with Crippen molar-refractivity contribution in [3.63, 3.8) is 0 Å². The summed E-state index contributed by atoms with van der Waals surface area (Å²) in [6.07, 6.45) is 0. The van der Waals surface area contributed by atoms with Crippen LogP contribution in [0.2, 0.25) is 0 Å². The van der Waals surface area contributed by atoms with E-state index in [0.29, 0.717) is 0 Å². The first-order valence-corrected chi connectivity index (χ1v) is 10.9. The molecule has 0 fully saturated rings. The standard InChI is InChI=1S/B20F20H2/c21-1-3(23)5(25)7(27)9(29)11(31)13(33)15(35)17(37)19(39)20(40)18(38)16(36)14(34)12(32)10(30)8(28)6(26)4(24)2-22/h1-2H. The molecule has 0 aliphatic rings. The second kappa shape index (κ2) is 17.9. The maximum Gasteiger partial charge on any atom is 0.352 e. The van der Waals surface area contributed by atoms with Gasteiger partial charge in [0.15, 0.2) is 0 Å². The maximum absolute atomic E-state index is 13.8. The number of hydrogen-bond donors (Lipinski definition) is 0. The van der Waals surface area contributed by atoms with Gasteiger partial charge in [-0.25, -0.2) is 0 Å². The third kappa shape index (κ3) is 9.98. The van der Waals surface area contributed by atoms with Crippen molar-refractivity contribution in [3.8, 4) is 0 Å². The van der Waals surface area contributed by atoms with Crippen molar-refractivity contribution in [2.24, 2.45) is 0 Å². The van der Waals surface area contributed by atoms with Crippen molar-refractivity contribution in [2.75, 3.05) is 0 Å². The van der Waals surface area contributed by atoms with Crippen molar-refractivity contribution >= 4 is 137 Å². The number of halogens is 20. The second-order valence-electron chi connectivity index (χ2n) is 8.45. The summed E-state index contributed by atoms with van der Waals surface area (Å²) >= 11 is 0. The van der Waals surface area contributed by atoms with Gasteiger partial charge in [-0.3, -0.25) is 0 Å². The molecule has 0 saturated carbocycles. The quantitative estimate of drug-likeness (QED) is 0.148. The lowest BCUT2D eigenvalue weighted by atomic mass is 8.74. The van der Waals surface area contributed by atoms with Gasteiger partial charge in [0, 0.05) is 0 Å². The molecule has 0 nitrogen and oxygen atoms in total. The van der Waals surface area contributed by atoms with Gasteiger partial charge in [0.05, 0.1) is 0 Å². The molecule has 0 aliphatic heterocycles. The van der Waals surface area contributed by atoms with Gasteiger partial charge in [-0.1, -0.05) is 0 Å². The zero-order chi connectivity index (χ0) is 31.8. The van der Waals surface area contributed by atoms with E-state index in [9.17, 15) is 86.3 Å². The molecular weight excluding hydrogens is 596 g/mol. The zero-order valence-corrected chi connectivity index (χ0v) is 19.4. The Labute approximate surface area is 223 Å². The summed E-state index contributed by atoms with van der Waals surface area (Å²) in [5, 5.41) is 0. The zero-order valence-electron chi connectivity index (χ0n) is 19.4. The van der Waals surface area contributed by atoms with E-state index in [0.717, 1.165) is 0 Å². The average Bonchev–Trinajstić information content (AvgIpc) is 2.97. The fourth-order valence-electron chi connectivity index (χ4n) is 3.03. The highest BCUT2D eigenvalue weighted by molar-refractivity contribution is 7.90. The van der Waals surface area contributed by atoms with Crippen molar-refractivity contribution in [1.82, 2.24) is 0 Å². The van der Waals surface area contributed by atoms with E-state index in [1.807, 2.05) is 0 Å². The van der Waals surface area contributed by atoms with Gasteiger partial charge in [0.25, 0.3) is 0 Å². The minimum Gasteiger partial charge on any atom is -0.350 e. The fraction of sp³-hybridized carbons (Fsp3) is 0. The molecule has 0 aromatic heterocycles. The maximum atomic E-state index is 13.8. The van der Waals surface area contributed by atoms with E-state index in [-0.39, 0.29) is 0 Å². The lowest BCUT2D eigenvalue weighted by molar-refractivity contribution is 0.775. The van der Waals surface area contributed by atoms with E-state index < -0.39 is 137 Å². The smallest absolute Gasteiger partial charge is 0.350 e. The molecule has 0 aromatic carbocycles. The van der Waals surface area contributed by atoms with Crippen LogP contribution in [0.5, 0.6) is 0 Å². The van der Waals surface area contributed by atoms with Crippen molar-refractivity contribution in [1.29, 1.82) is 0 Å². The summed E-state index contributed by atoms with van der Waals surface area (Å²) in [7, 11) is -4.58.